The van der Waals surface area contributed by atoms with Crippen molar-refractivity contribution < 1.29 is 4.79 Å². The van der Waals surface area contributed by atoms with Crippen molar-refractivity contribution in [3.05, 3.63) is 34.9 Å². The SMILES string of the molecule is O=C(CCCc1ccc(Cl)cc1)N1CCN(CC2CC2)CC1. The van der Waals surface area contributed by atoms with E-state index in [1.807, 2.05) is 29.2 Å². The number of hydrogen-bond donors (Lipinski definition) is 0. The summed E-state index contributed by atoms with van der Waals surface area (Å²) < 4.78 is 0. The highest BCUT2D eigenvalue weighted by Crippen LogP contribution is 2.29. The smallest absolute Gasteiger partial charge is 0.222 e. The zero-order chi connectivity index (χ0) is 15.4. The van der Waals surface area contributed by atoms with Crippen molar-refractivity contribution in [3.63, 3.8) is 0 Å². The van der Waals surface area contributed by atoms with Crippen LogP contribution in [0.5, 0.6) is 0 Å². The third-order valence-electron chi connectivity index (χ3n) is 4.71. The van der Waals surface area contributed by atoms with E-state index < -0.39 is 0 Å². The number of piperazine rings is 1. The maximum absolute atomic E-state index is 12.3. The molecular formula is C18H25ClN2O. The van der Waals surface area contributed by atoms with Gasteiger partial charge in [0.25, 0.3) is 0 Å². The molecule has 1 aromatic carbocycles. The van der Waals surface area contributed by atoms with Crippen LogP contribution in [0.4, 0.5) is 0 Å². The lowest BCUT2D eigenvalue weighted by Gasteiger charge is -2.34. The molecule has 1 aliphatic carbocycles. The number of halogens is 1. The topological polar surface area (TPSA) is 23.6 Å². The lowest BCUT2D eigenvalue weighted by atomic mass is 10.1. The van der Waals surface area contributed by atoms with Crippen LogP contribution in [-0.2, 0) is 11.2 Å². The number of aryl methyl sites for hydroxylation is 1. The molecule has 3 nitrogen and oxygen atoms in total. The highest BCUT2D eigenvalue weighted by atomic mass is 35.5. The largest absolute Gasteiger partial charge is 0.340 e. The Kier molecular flexibility index (Phi) is 5.37. The third kappa shape index (κ3) is 4.72. The lowest BCUT2D eigenvalue weighted by molar-refractivity contribution is -0.133. The predicted molar refractivity (Wildman–Crippen MR) is 90.1 cm³/mol. The summed E-state index contributed by atoms with van der Waals surface area (Å²) >= 11 is 5.88. The van der Waals surface area contributed by atoms with Crippen LogP contribution in [0.2, 0.25) is 5.02 Å². The third-order valence-corrected chi connectivity index (χ3v) is 4.96. The molecule has 1 heterocycles. The highest BCUT2D eigenvalue weighted by Gasteiger charge is 2.27. The molecule has 1 saturated carbocycles. The van der Waals surface area contributed by atoms with Gasteiger partial charge in [0.15, 0.2) is 0 Å². The summed E-state index contributed by atoms with van der Waals surface area (Å²) in [5.41, 5.74) is 1.26. The Bertz CT molecular complexity index is 490. The number of nitrogens with zero attached hydrogens (tertiary/aromatic N) is 2. The fourth-order valence-electron chi connectivity index (χ4n) is 3.10. The van der Waals surface area contributed by atoms with E-state index in [4.69, 9.17) is 11.6 Å². The van der Waals surface area contributed by atoms with Crippen molar-refractivity contribution in [1.29, 1.82) is 0 Å². The van der Waals surface area contributed by atoms with E-state index in [2.05, 4.69) is 4.90 Å². The fourth-order valence-corrected chi connectivity index (χ4v) is 3.22. The fraction of sp³-hybridized carbons (Fsp3) is 0.611. The van der Waals surface area contributed by atoms with Gasteiger partial charge in [-0.05, 0) is 49.3 Å². The summed E-state index contributed by atoms with van der Waals surface area (Å²) in [5.74, 6) is 1.27. The Morgan fingerprint density at radius 3 is 2.41 bits per heavy atom. The van der Waals surface area contributed by atoms with E-state index in [0.29, 0.717) is 12.3 Å². The van der Waals surface area contributed by atoms with Gasteiger partial charge in [-0.1, -0.05) is 23.7 Å². The number of amides is 1. The van der Waals surface area contributed by atoms with Crippen molar-refractivity contribution in [1.82, 2.24) is 9.80 Å². The zero-order valence-corrected chi connectivity index (χ0v) is 13.9. The first-order chi connectivity index (χ1) is 10.7. The molecule has 1 saturated heterocycles. The van der Waals surface area contributed by atoms with Crippen LogP contribution < -0.4 is 0 Å². The van der Waals surface area contributed by atoms with Gasteiger partial charge in [0.1, 0.15) is 0 Å². The van der Waals surface area contributed by atoms with Crippen molar-refractivity contribution in [3.8, 4) is 0 Å². The zero-order valence-electron chi connectivity index (χ0n) is 13.1. The minimum Gasteiger partial charge on any atom is -0.340 e. The van der Waals surface area contributed by atoms with E-state index in [1.54, 1.807) is 0 Å². The van der Waals surface area contributed by atoms with Crippen LogP contribution in [0.1, 0.15) is 31.2 Å². The van der Waals surface area contributed by atoms with Crippen molar-refractivity contribution in [2.45, 2.75) is 32.1 Å². The van der Waals surface area contributed by atoms with Gasteiger partial charge in [0.05, 0.1) is 0 Å². The van der Waals surface area contributed by atoms with Crippen LogP contribution in [0, 0.1) is 5.92 Å². The van der Waals surface area contributed by atoms with Crippen LogP contribution in [0.15, 0.2) is 24.3 Å². The van der Waals surface area contributed by atoms with Crippen LogP contribution in [-0.4, -0.2) is 48.4 Å². The average Bonchev–Trinajstić information content (AvgIpc) is 3.34. The summed E-state index contributed by atoms with van der Waals surface area (Å²) in [6.07, 6.45) is 5.34. The molecule has 2 fully saturated rings. The van der Waals surface area contributed by atoms with E-state index in [1.165, 1.54) is 24.9 Å². The van der Waals surface area contributed by atoms with Gasteiger partial charge < -0.3 is 4.90 Å². The summed E-state index contributed by atoms with van der Waals surface area (Å²) in [6.45, 7) is 5.18. The molecule has 0 aromatic heterocycles. The summed E-state index contributed by atoms with van der Waals surface area (Å²) in [5, 5.41) is 0.767. The maximum Gasteiger partial charge on any atom is 0.222 e. The number of hydrogen-bond acceptors (Lipinski definition) is 2. The number of rotatable bonds is 6. The molecule has 0 radical (unpaired) electrons. The first kappa shape index (κ1) is 15.8. The second-order valence-corrected chi connectivity index (χ2v) is 7.04. The van der Waals surface area contributed by atoms with E-state index >= 15 is 0 Å². The van der Waals surface area contributed by atoms with Gasteiger partial charge in [-0.15, -0.1) is 0 Å². The predicted octanol–water partition coefficient (Wildman–Crippen LogP) is 3.22. The molecule has 0 N–H and O–H groups in total. The van der Waals surface area contributed by atoms with Gasteiger partial charge in [0.2, 0.25) is 5.91 Å². The van der Waals surface area contributed by atoms with Gasteiger partial charge in [-0.2, -0.15) is 0 Å². The van der Waals surface area contributed by atoms with Crippen molar-refractivity contribution >= 4 is 17.5 Å². The Balaban J connectivity index is 1.34. The molecule has 120 valence electrons. The highest BCUT2D eigenvalue weighted by molar-refractivity contribution is 6.30. The molecule has 1 aromatic rings. The number of carbonyl (C=O) groups is 1. The molecule has 0 bridgehead atoms. The molecule has 0 spiro atoms. The number of carbonyl (C=O) groups excluding carboxylic acids is 1. The monoisotopic (exact) mass is 320 g/mol. The molecule has 4 heteroatoms. The second-order valence-electron chi connectivity index (χ2n) is 6.60. The van der Waals surface area contributed by atoms with Crippen molar-refractivity contribution in [2.75, 3.05) is 32.7 Å². The molecule has 1 amide bonds. The van der Waals surface area contributed by atoms with Crippen molar-refractivity contribution in [2.24, 2.45) is 5.92 Å². The molecule has 1 aliphatic heterocycles. The van der Waals surface area contributed by atoms with E-state index in [0.717, 1.165) is 50.0 Å². The summed E-state index contributed by atoms with van der Waals surface area (Å²) in [7, 11) is 0. The molecular weight excluding hydrogens is 296 g/mol. The molecule has 2 aliphatic rings. The summed E-state index contributed by atoms with van der Waals surface area (Å²) in [6, 6.07) is 7.92. The minimum atomic E-state index is 0.319. The second kappa shape index (κ2) is 7.47. The van der Waals surface area contributed by atoms with E-state index in [9.17, 15) is 4.79 Å². The van der Waals surface area contributed by atoms with E-state index in [-0.39, 0.29) is 0 Å². The normalized spacial score (nSPS) is 19.4. The van der Waals surface area contributed by atoms with Crippen LogP contribution >= 0.6 is 11.6 Å². The van der Waals surface area contributed by atoms with Gasteiger partial charge in [-0.3, -0.25) is 9.69 Å². The van der Waals surface area contributed by atoms with Gasteiger partial charge >= 0.3 is 0 Å². The van der Waals surface area contributed by atoms with Gasteiger partial charge in [-0.25, -0.2) is 0 Å². The van der Waals surface area contributed by atoms with Crippen LogP contribution in [0.25, 0.3) is 0 Å². The Morgan fingerprint density at radius 2 is 1.77 bits per heavy atom. The van der Waals surface area contributed by atoms with Crippen LogP contribution in [0.3, 0.4) is 0 Å². The molecule has 22 heavy (non-hydrogen) atoms. The molecule has 3 rings (SSSR count). The Morgan fingerprint density at radius 1 is 1.09 bits per heavy atom. The van der Waals surface area contributed by atoms with Gasteiger partial charge in [0, 0.05) is 44.2 Å². The first-order valence-corrected chi connectivity index (χ1v) is 8.83. The molecule has 0 unspecified atom stereocenters. The number of benzene rings is 1. The quantitative estimate of drug-likeness (QED) is 0.803. The minimum absolute atomic E-state index is 0.319. The average molecular weight is 321 g/mol. The Labute approximate surface area is 138 Å². The summed E-state index contributed by atoms with van der Waals surface area (Å²) in [4.78, 5) is 16.8. The maximum atomic E-state index is 12.3. The Hall–Kier alpha value is -1.06. The molecule has 0 atom stereocenters. The standard InChI is InChI=1S/C18H25ClN2O/c19-17-8-6-15(7-9-17)2-1-3-18(22)21-12-10-20(11-13-21)14-16-4-5-16/h6-9,16H,1-5,10-14H2. The first-order valence-electron chi connectivity index (χ1n) is 8.45. The lowest BCUT2D eigenvalue weighted by Crippen LogP contribution is -2.49.